The summed E-state index contributed by atoms with van der Waals surface area (Å²) in [4.78, 5) is 12.5. The van der Waals surface area contributed by atoms with Crippen molar-refractivity contribution < 1.29 is 13.2 Å². The molecule has 0 saturated carbocycles. The molecule has 1 unspecified atom stereocenters. The minimum absolute atomic E-state index is 0.0608. The van der Waals surface area contributed by atoms with Gasteiger partial charge in [0.15, 0.2) is 0 Å². The number of sulfonamides is 1. The number of anilines is 1. The molecule has 0 bridgehead atoms. The Bertz CT molecular complexity index is 1010. The van der Waals surface area contributed by atoms with E-state index in [1.54, 1.807) is 40.7 Å². The fraction of sp³-hybridized carbons (Fsp3) is 0.409. The molecule has 5 nitrogen and oxygen atoms in total. The molecule has 0 aliphatic carbocycles. The lowest BCUT2D eigenvalue weighted by atomic mass is 10.0. The summed E-state index contributed by atoms with van der Waals surface area (Å²) in [5.41, 5.74) is 1.56. The zero-order chi connectivity index (χ0) is 22.4. The van der Waals surface area contributed by atoms with Gasteiger partial charge in [0.05, 0.1) is 20.7 Å². The molecule has 1 heterocycles. The van der Waals surface area contributed by atoms with Gasteiger partial charge in [-0.1, -0.05) is 42.6 Å². The first-order valence-corrected chi connectivity index (χ1v) is 13.6. The summed E-state index contributed by atoms with van der Waals surface area (Å²) in [7, 11) is -3.52. The number of nitrogens with one attached hydrogen (secondary N) is 1. The van der Waals surface area contributed by atoms with Crippen molar-refractivity contribution >= 4 is 56.6 Å². The summed E-state index contributed by atoms with van der Waals surface area (Å²) in [5.74, 6) is 0.755. The Hall–Kier alpha value is -1.25. The lowest BCUT2D eigenvalue weighted by Crippen LogP contribution is -2.43. The highest BCUT2D eigenvalue weighted by atomic mass is 35.5. The zero-order valence-corrected chi connectivity index (χ0v) is 20.5. The van der Waals surface area contributed by atoms with Crippen molar-refractivity contribution in [3.8, 4) is 0 Å². The molecule has 0 spiro atoms. The molecule has 1 N–H and O–H groups in total. The number of amides is 1. The maximum absolute atomic E-state index is 13.0. The van der Waals surface area contributed by atoms with E-state index in [1.807, 2.05) is 13.0 Å². The summed E-state index contributed by atoms with van der Waals surface area (Å²) in [6, 6.07) is 11.9. The second-order valence-corrected chi connectivity index (χ2v) is 11.2. The molecule has 2 aromatic carbocycles. The lowest BCUT2D eigenvalue weighted by Gasteiger charge is -2.34. The van der Waals surface area contributed by atoms with Gasteiger partial charge >= 0.3 is 0 Å². The van der Waals surface area contributed by atoms with Crippen molar-refractivity contribution in [3.63, 3.8) is 0 Å². The molecule has 1 amide bonds. The van der Waals surface area contributed by atoms with Gasteiger partial charge in [-0.25, -0.2) is 8.42 Å². The van der Waals surface area contributed by atoms with Crippen LogP contribution in [0.1, 0.15) is 38.2 Å². The van der Waals surface area contributed by atoms with E-state index in [1.165, 1.54) is 11.8 Å². The van der Waals surface area contributed by atoms with Gasteiger partial charge in [0.2, 0.25) is 15.9 Å². The molecule has 1 atom stereocenters. The van der Waals surface area contributed by atoms with Gasteiger partial charge in [0.1, 0.15) is 0 Å². The molecular formula is C22H26Cl2N2O3S2. The van der Waals surface area contributed by atoms with Crippen molar-refractivity contribution in [3.05, 3.63) is 58.1 Å². The van der Waals surface area contributed by atoms with E-state index in [9.17, 15) is 13.2 Å². The second-order valence-electron chi connectivity index (χ2n) is 7.49. The van der Waals surface area contributed by atoms with Crippen LogP contribution >= 0.6 is 35.0 Å². The fourth-order valence-electron chi connectivity index (χ4n) is 3.63. The smallest absolute Gasteiger partial charge is 0.243 e. The molecule has 1 aliphatic rings. The van der Waals surface area contributed by atoms with E-state index in [-0.39, 0.29) is 22.6 Å². The Morgan fingerprint density at radius 3 is 2.55 bits per heavy atom. The first-order valence-electron chi connectivity index (χ1n) is 10.2. The molecule has 2 aromatic rings. The number of rotatable bonds is 8. The van der Waals surface area contributed by atoms with Gasteiger partial charge < -0.3 is 5.32 Å². The van der Waals surface area contributed by atoms with Gasteiger partial charge in [0.25, 0.3) is 0 Å². The largest absolute Gasteiger partial charge is 0.325 e. The van der Waals surface area contributed by atoms with E-state index >= 15 is 0 Å². The molecule has 1 fully saturated rings. The topological polar surface area (TPSA) is 66.5 Å². The molecule has 0 aromatic heterocycles. The summed E-state index contributed by atoms with van der Waals surface area (Å²) >= 11 is 13.4. The van der Waals surface area contributed by atoms with Crippen molar-refractivity contribution in [1.29, 1.82) is 0 Å². The molecule has 31 heavy (non-hydrogen) atoms. The third-order valence-electron chi connectivity index (χ3n) is 5.27. The minimum atomic E-state index is -3.52. The van der Waals surface area contributed by atoms with Gasteiger partial charge in [-0.15, -0.1) is 11.8 Å². The summed E-state index contributed by atoms with van der Waals surface area (Å²) in [6.45, 7) is 2.59. The number of hydrogen-bond donors (Lipinski definition) is 1. The summed E-state index contributed by atoms with van der Waals surface area (Å²) in [6.07, 6.45) is 3.68. The molecule has 3 rings (SSSR count). The average Bonchev–Trinajstić information content (AvgIpc) is 2.76. The van der Waals surface area contributed by atoms with Crippen LogP contribution in [0.5, 0.6) is 0 Å². The van der Waals surface area contributed by atoms with Crippen LogP contribution in [0.25, 0.3) is 0 Å². The van der Waals surface area contributed by atoms with Crippen LogP contribution < -0.4 is 5.32 Å². The Balaban J connectivity index is 1.54. The Morgan fingerprint density at radius 2 is 1.87 bits per heavy atom. The van der Waals surface area contributed by atoms with Crippen LogP contribution in [-0.2, 0) is 20.6 Å². The number of carbonyl (C=O) groups is 1. The summed E-state index contributed by atoms with van der Waals surface area (Å²) in [5, 5.41) is 3.81. The molecule has 9 heteroatoms. The monoisotopic (exact) mass is 500 g/mol. The van der Waals surface area contributed by atoms with Crippen LogP contribution in [-0.4, -0.2) is 37.0 Å². The van der Waals surface area contributed by atoms with Gasteiger partial charge in [-0.2, -0.15) is 4.31 Å². The van der Waals surface area contributed by atoms with Crippen molar-refractivity contribution in [2.24, 2.45) is 0 Å². The van der Waals surface area contributed by atoms with Gasteiger partial charge in [-0.05, 0) is 61.2 Å². The van der Waals surface area contributed by atoms with Crippen molar-refractivity contribution in [2.75, 3.05) is 17.6 Å². The second kappa shape index (κ2) is 11.1. The highest BCUT2D eigenvalue weighted by Gasteiger charge is 2.32. The predicted molar refractivity (Wildman–Crippen MR) is 130 cm³/mol. The van der Waals surface area contributed by atoms with E-state index < -0.39 is 10.0 Å². The lowest BCUT2D eigenvalue weighted by molar-refractivity contribution is -0.113. The highest BCUT2D eigenvalue weighted by molar-refractivity contribution is 7.99. The van der Waals surface area contributed by atoms with Crippen LogP contribution in [0.3, 0.4) is 0 Å². The number of hydrogen-bond acceptors (Lipinski definition) is 4. The van der Waals surface area contributed by atoms with E-state index in [4.69, 9.17) is 23.2 Å². The van der Waals surface area contributed by atoms with Crippen LogP contribution in [0.4, 0.5) is 5.69 Å². The molecular weight excluding hydrogens is 475 g/mol. The normalized spacial score (nSPS) is 17.5. The third-order valence-corrected chi connectivity index (χ3v) is 8.98. The van der Waals surface area contributed by atoms with Crippen LogP contribution in [0.2, 0.25) is 10.0 Å². The Kier molecular flexibility index (Phi) is 8.70. The number of nitrogens with zero attached hydrogens (tertiary/aromatic N) is 1. The number of thioether (sulfide) groups is 1. The SMILES string of the molecule is CCC1CCCCN1S(=O)(=O)c1ccc(NC(=O)CSCc2ccc(Cl)c(Cl)c2)cc1. The molecule has 1 saturated heterocycles. The first-order chi connectivity index (χ1) is 14.8. The van der Waals surface area contributed by atoms with Crippen molar-refractivity contribution in [2.45, 2.75) is 49.3 Å². The van der Waals surface area contributed by atoms with Gasteiger partial charge in [-0.3, -0.25) is 4.79 Å². The minimum Gasteiger partial charge on any atom is -0.325 e. The Morgan fingerprint density at radius 1 is 1.13 bits per heavy atom. The summed E-state index contributed by atoms with van der Waals surface area (Å²) < 4.78 is 27.7. The Labute approximate surface area is 198 Å². The van der Waals surface area contributed by atoms with E-state index in [0.29, 0.717) is 28.0 Å². The van der Waals surface area contributed by atoms with E-state index in [2.05, 4.69) is 5.32 Å². The number of benzene rings is 2. The number of carbonyl (C=O) groups excluding carboxylic acids is 1. The fourth-order valence-corrected chi connectivity index (χ4v) is 6.49. The standard InChI is InChI=1S/C22H26Cl2N2O3S2/c1-2-18-5-3-4-12-26(18)31(28,29)19-9-7-17(8-10-19)25-22(27)15-30-14-16-6-11-20(23)21(24)13-16/h6-11,13,18H,2-5,12,14-15H2,1H3,(H,25,27). The number of halogens is 2. The van der Waals surface area contributed by atoms with Crippen LogP contribution in [0.15, 0.2) is 47.4 Å². The molecule has 1 aliphatic heterocycles. The maximum Gasteiger partial charge on any atom is 0.243 e. The molecule has 0 radical (unpaired) electrons. The third kappa shape index (κ3) is 6.39. The predicted octanol–water partition coefficient (Wildman–Crippen LogP) is 5.82. The van der Waals surface area contributed by atoms with Crippen LogP contribution in [0, 0.1) is 0 Å². The van der Waals surface area contributed by atoms with Gasteiger partial charge in [0, 0.05) is 24.0 Å². The molecule has 168 valence electrons. The van der Waals surface area contributed by atoms with E-state index in [0.717, 1.165) is 31.2 Å². The highest BCUT2D eigenvalue weighted by Crippen LogP contribution is 2.28. The van der Waals surface area contributed by atoms with Crippen molar-refractivity contribution in [1.82, 2.24) is 4.31 Å². The first kappa shape index (κ1) is 24.4. The quantitative estimate of drug-likeness (QED) is 0.495. The zero-order valence-electron chi connectivity index (χ0n) is 17.3. The maximum atomic E-state index is 13.0. The average molecular weight is 502 g/mol. The number of piperidine rings is 1.